The van der Waals surface area contributed by atoms with Gasteiger partial charge >= 0.3 is 0 Å². The van der Waals surface area contributed by atoms with Crippen LogP contribution in [-0.4, -0.2) is 25.8 Å². The van der Waals surface area contributed by atoms with Crippen LogP contribution < -0.4 is 0 Å². The molecular weight excluding hydrogens is 333 g/mol. The van der Waals surface area contributed by atoms with Gasteiger partial charge in [0.15, 0.2) is 0 Å². The highest BCUT2D eigenvalue weighted by atomic mass is 79.9. The Balaban J connectivity index is 2.31. The number of sulfonamides is 1. The molecule has 0 atom stereocenters. The highest BCUT2D eigenvalue weighted by molar-refractivity contribution is 9.10. The van der Waals surface area contributed by atoms with Gasteiger partial charge in [-0.3, -0.25) is 0 Å². The molecule has 6 heteroatoms. The highest BCUT2D eigenvalue weighted by Crippen LogP contribution is 2.33. The summed E-state index contributed by atoms with van der Waals surface area (Å²) in [4.78, 5) is 0.142. The molecule has 0 heterocycles. The van der Waals surface area contributed by atoms with Crippen molar-refractivity contribution in [3.8, 4) is 0 Å². The fourth-order valence-corrected chi connectivity index (χ4v) is 4.59. The van der Waals surface area contributed by atoms with E-state index in [0.717, 1.165) is 19.3 Å². The number of halogens is 2. The highest BCUT2D eigenvalue weighted by Gasteiger charge is 2.32. The minimum atomic E-state index is -3.55. The quantitative estimate of drug-likeness (QED) is 0.789. The molecule has 0 saturated heterocycles. The van der Waals surface area contributed by atoms with Crippen LogP contribution >= 0.6 is 15.9 Å². The molecule has 0 amide bonds. The molecule has 0 spiro atoms. The van der Waals surface area contributed by atoms with Gasteiger partial charge in [-0.15, -0.1) is 0 Å². The maximum Gasteiger partial charge on any atom is 0.244 e. The second kappa shape index (κ2) is 5.89. The summed E-state index contributed by atoms with van der Waals surface area (Å²) in [7, 11) is -3.55. The molecule has 2 rings (SSSR count). The summed E-state index contributed by atoms with van der Waals surface area (Å²) < 4.78 is 40.0. The standard InChI is InChI=1S/C13H17BrFNO2S/c1-2-7-16(9-10-3-4-10)19(17,18)13-6-5-11(15)8-12(13)14/h5-6,8,10H,2-4,7,9H2,1H3. The second-order valence-corrected chi connectivity index (χ2v) is 7.64. The van der Waals surface area contributed by atoms with E-state index in [1.807, 2.05) is 6.92 Å². The maximum atomic E-state index is 13.1. The van der Waals surface area contributed by atoms with Crippen molar-refractivity contribution in [2.24, 2.45) is 5.92 Å². The van der Waals surface area contributed by atoms with Crippen LogP contribution in [0, 0.1) is 11.7 Å². The molecule has 0 bridgehead atoms. The van der Waals surface area contributed by atoms with E-state index >= 15 is 0 Å². The van der Waals surface area contributed by atoms with Gasteiger partial charge in [0.05, 0.1) is 4.90 Å². The Morgan fingerprint density at radius 3 is 2.63 bits per heavy atom. The first-order valence-corrected chi connectivity index (χ1v) is 8.63. The fraction of sp³-hybridized carbons (Fsp3) is 0.538. The molecule has 0 N–H and O–H groups in total. The Labute approximate surface area is 122 Å². The summed E-state index contributed by atoms with van der Waals surface area (Å²) in [6.45, 7) is 3.03. The van der Waals surface area contributed by atoms with Crippen LogP contribution in [0.25, 0.3) is 0 Å². The smallest absolute Gasteiger partial charge is 0.207 e. The summed E-state index contributed by atoms with van der Waals surface area (Å²) in [5, 5.41) is 0. The van der Waals surface area contributed by atoms with Gasteiger partial charge in [0, 0.05) is 17.6 Å². The van der Waals surface area contributed by atoms with Gasteiger partial charge in [-0.05, 0) is 59.3 Å². The van der Waals surface area contributed by atoms with Crippen LogP contribution in [0.1, 0.15) is 26.2 Å². The van der Waals surface area contributed by atoms with Gasteiger partial charge in [0.1, 0.15) is 5.82 Å². The molecule has 1 fully saturated rings. The molecule has 0 aliphatic heterocycles. The Hall–Kier alpha value is -0.460. The lowest BCUT2D eigenvalue weighted by molar-refractivity contribution is 0.395. The molecule has 1 aromatic rings. The maximum absolute atomic E-state index is 13.1. The lowest BCUT2D eigenvalue weighted by atomic mass is 10.3. The third-order valence-electron chi connectivity index (χ3n) is 3.14. The van der Waals surface area contributed by atoms with Crippen LogP contribution in [0.15, 0.2) is 27.6 Å². The SMILES string of the molecule is CCCN(CC1CC1)S(=O)(=O)c1ccc(F)cc1Br. The number of nitrogens with zero attached hydrogens (tertiary/aromatic N) is 1. The molecule has 106 valence electrons. The Kier molecular flexibility index (Phi) is 4.63. The zero-order valence-corrected chi connectivity index (χ0v) is 13.2. The van der Waals surface area contributed by atoms with Crippen molar-refractivity contribution in [3.05, 3.63) is 28.5 Å². The van der Waals surface area contributed by atoms with Gasteiger partial charge in [-0.1, -0.05) is 6.92 Å². The first kappa shape index (κ1) is 14.9. The van der Waals surface area contributed by atoms with E-state index in [9.17, 15) is 12.8 Å². The van der Waals surface area contributed by atoms with E-state index in [2.05, 4.69) is 15.9 Å². The Morgan fingerprint density at radius 2 is 2.11 bits per heavy atom. The van der Waals surface area contributed by atoms with E-state index in [0.29, 0.717) is 19.0 Å². The summed E-state index contributed by atoms with van der Waals surface area (Å²) in [6.07, 6.45) is 2.96. The van der Waals surface area contributed by atoms with E-state index < -0.39 is 15.8 Å². The number of hydrogen-bond acceptors (Lipinski definition) is 2. The van der Waals surface area contributed by atoms with Crippen molar-refractivity contribution >= 4 is 26.0 Å². The predicted octanol–water partition coefficient (Wildman–Crippen LogP) is 3.40. The van der Waals surface area contributed by atoms with Crippen molar-refractivity contribution in [1.82, 2.24) is 4.31 Å². The van der Waals surface area contributed by atoms with E-state index in [-0.39, 0.29) is 9.37 Å². The Morgan fingerprint density at radius 1 is 1.42 bits per heavy atom. The van der Waals surface area contributed by atoms with Gasteiger partial charge in [-0.2, -0.15) is 4.31 Å². The summed E-state index contributed by atoms with van der Waals surface area (Å²) >= 11 is 3.14. The summed E-state index contributed by atoms with van der Waals surface area (Å²) in [6, 6.07) is 3.69. The van der Waals surface area contributed by atoms with E-state index in [4.69, 9.17) is 0 Å². The van der Waals surface area contributed by atoms with Crippen LogP contribution in [0.2, 0.25) is 0 Å². The lowest BCUT2D eigenvalue weighted by Gasteiger charge is -2.22. The summed E-state index contributed by atoms with van der Waals surface area (Å²) in [5.74, 6) is 0.0376. The van der Waals surface area contributed by atoms with Crippen LogP contribution in [0.4, 0.5) is 4.39 Å². The minimum Gasteiger partial charge on any atom is -0.207 e. The molecule has 19 heavy (non-hydrogen) atoms. The average Bonchev–Trinajstić information content (AvgIpc) is 3.11. The van der Waals surface area contributed by atoms with Crippen LogP contribution in [0.3, 0.4) is 0 Å². The largest absolute Gasteiger partial charge is 0.244 e. The lowest BCUT2D eigenvalue weighted by Crippen LogP contribution is -2.33. The first-order valence-electron chi connectivity index (χ1n) is 6.40. The molecule has 0 unspecified atom stereocenters. The van der Waals surface area contributed by atoms with Gasteiger partial charge in [0.2, 0.25) is 10.0 Å². The second-order valence-electron chi connectivity index (χ2n) is 4.88. The normalized spacial score (nSPS) is 16.0. The first-order chi connectivity index (χ1) is 8.95. The summed E-state index contributed by atoms with van der Waals surface area (Å²) in [5.41, 5.74) is 0. The minimum absolute atomic E-state index is 0.142. The third-order valence-corrected chi connectivity index (χ3v) is 5.99. The molecule has 1 aliphatic rings. The topological polar surface area (TPSA) is 37.4 Å². The van der Waals surface area contributed by atoms with Crippen molar-refractivity contribution < 1.29 is 12.8 Å². The molecular formula is C13H17BrFNO2S. The van der Waals surface area contributed by atoms with Crippen molar-refractivity contribution in [2.75, 3.05) is 13.1 Å². The molecule has 0 aromatic heterocycles. The van der Waals surface area contributed by atoms with E-state index in [1.165, 1.54) is 22.5 Å². The number of rotatable bonds is 6. The monoisotopic (exact) mass is 349 g/mol. The third kappa shape index (κ3) is 3.55. The molecule has 1 saturated carbocycles. The Bertz CT molecular complexity index is 558. The zero-order valence-electron chi connectivity index (χ0n) is 10.8. The van der Waals surface area contributed by atoms with Crippen molar-refractivity contribution in [1.29, 1.82) is 0 Å². The molecule has 1 aliphatic carbocycles. The van der Waals surface area contributed by atoms with Crippen molar-refractivity contribution in [2.45, 2.75) is 31.1 Å². The van der Waals surface area contributed by atoms with Crippen LogP contribution in [0.5, 0.6) is 0 Å². The molecule has 0 radical (unpaired) electrons. The zero-order chi connectivity index (χ0) is 14.0. The average molecular weight is 350 g/mol. The molecule has 1 aromatic carbocycles. The number of hydrogen-bond donors (Lipinski definition) is 0. The van der Waals surface area contributed by atoms with Crippen LogP contribution in [-0.2, 0) is 10.0 Å². The predicted molar refractivity (Wildman–Crippen MR) is 75.9 cm³/mol. The van der Waals surface area contributed by atoms with Gasteiger partial charge < -0.3 is 0 Å². The number of benzene rings is 1. The van der Waals surface area contributed by atoms with Crippen molar-refractivity contribution in [3.63, 3.8) is 0 Å². The van der Waals surface area contributed by atoms with Gasteiger partial charge in [0.25, 0.3) is 0 Å². The fourth-order valence-electron chi connectivity index (χ4n) is 1.97. The molecule has 3 nitrogen and oxygen atoms in total. The van der Waals surface area contributed by atoms with Gasteiger partial charge in [-0.25, -0.2) is 12.8 Å². The van der Waals surface area contributed by atoms with E-state index in [1.54, 1.807) is 0 Å².